The SMILES string of the molecule is O=[N+]([O-])c1cnc(Cl)cc1NC1(F)CCCC1F. The average Bonchev–Trinajstić information content (AvgIpc) is 2.58. The smallest absolute Gasteiger partial charge is 0.310 e. The Morgan fingerprint density at radius 2 is 2.39 bits per heavy atom. The number of alkyl halides is 2. The molecule has 8 heteroatoms. The lowest BCUT2D eigenvalue weighted by atomic mass is 10.1. The van der Waals surface area contributed by atoms with E-state index < -0.39 is 22.6 Å². The van der Waals surface area contributed by atoms with Crippen LogP contribution >= 0.6 is 11.6 Å². The molecule has 18 heavy (non-hydrogen) atoms. The molecular formula is C10H10ClF2N3O2. The fraction of sp³-hybridized carbons (Fsp3) is 0.500. The lowest BCUT2D eigenvalue weighted by Crippen LogP contribution is -2.38. The molecule has 0 bridgehead atoms. The van der Waals surface area contributed by atoms with Crippen molar-refractivity contribution in [3.63, 3.8) is 0 Å². The molecule has 98 valence electrons. The van der Waals surface area contributed by atoms with Gasteiger partial charge in [-0.25, -0.2) is 13.8 Å². The first-order valence-corrected chi connectivity index (χ1v) is 5.71. The first-order valence-electron chi connectivity index (χ1n) is 5.33. The minimum atomic E-state index is -2.28. The van der Waals surface area contributed by atoms with Gasteiger partial charge in [-0.3, -0.25) is 10.1 Å². The van der Waals surface area contributed by atoms with Crippen molar-refractivity contribution in [3.05, 3.63) is 27.5 Å². The summed E-state index contributed by atoms with van der Waals surface area (Å²) in [5, 5.41) is 13.0. The van der Waals surface area contributed by atoms with Gasteiger partial charge in [0.2, 0.25) is 5.79 Å². The number of nitro groups is 1. The third-order valence-corrected chi connectivity index (χ3v) is 3.09. The fourth-order valence-electron chi connectivity index (χ4n) is 1.96. The van der Waals surface area contributed by atoms with Gasteiger partial charge in [-0.05, 0) is 12.8 Å². The van der Waals surface area contributed by atoms with Crippen LogP contribution in [0.25, 0.3) is 0 Å². The Morgan fingerprint density at radius 1 is 1.67 bits per heavy atom. The summed E-state index contributed by atoms with van der Waals surface area (Å²) < 4.78 is 27.6. The summed E-state index contributed by atoms with van der Waals surface area (Å²) in [6, 6.07) is 1.12. The lowest BCUT2D eigenvalue weighted by molar-refractivity contribution is -0.384. The monoisotopic (exact) mass is 277 g/mol. The zero-order valence-electron chi connectivity index (χ0n) is 9.20. The number of hydrogen-bond donors (Lipinski definition) is 1. The number of hydrogen-bond acceptors (Lipinski definition) is 4. The van der Waals surface area contributed by atoms with Crippen LogP contribution in [0.3, 0.4) is 0 Å². The molecule has 2 atom stereocenters. The number of pyridine rings is 1. The van der Waals surface area contributed by atoms with Gasteiger partial charge in [-0.15, -0.1) is 0 Å². The van der Waals surface area contributed by atoms with Crippen LogP contribution < -0.4 is 5.32 Å². The van der Waals surface area contributed by atoms with Crippen molar-refractivity contribution >= 4 is 23.0 Å². The van der Waals surface area contributed by atoms with E-state index in [0.29, 0.717) is 6.42 Å². The zero-order chi connectivity index (χ0) is 13.3. The quantitative estimate of drug-likeness (QED) is 0.398. The molecule has 0 amide bonds. The Morgan fingerprint density at radius 3 is 2.94 bits per heavy atom. The number of rotatable bonds is 3. The normalized spacial score (nSPS) is 27.2. The van der Waals surface area contributed by atoms with E-state index in [-0.39, 0.29) is 23.7 Å². The van der Waals surface area contributed by atoms with Gasteiger partial charge in [0.15, 0.2) is 6.17 Å². The first kappa shape index (κ1) is 12.9. The van der Waals surface area contributed by atoms with E-state index in [4.69, 9.17) is 11.6 Å². The molecule has 1 aliphatic rings. The highest BCUT2D eigenvalue weighted by Gasteiger charge is 2.45. The molecule has 1 aromatic heterocycles. The maximum absolute atomic E-state index is 14.2. The molecule has 1 N–H and O–H groups in total. The lowest BCUT2D eigenvalue weighted by Gasteiger charge is -2.24. The Hall–Kier alpha value is -1.50. The van der Waals surface area contributed by atoms with E-state index in [2.05, 4.69) is 10.3 Å². The predicted octanol–water partition coefficient (Wildman–Crippen LogP) is 3.24. The van der Waals surface area contributed by atoms with Gasteiger partial charge in [-0.1, -0.05) is 11.6 Å². The van der Waals surface area contributed by atoms with Crippen molar-refractivity contribution in [2.45, 2.75) is 31.2 Å². The maximum atomic E-state index is 14.2. The number of halogens is 3. The molecule has 0 spiro atoms. The Bertz CT molecular complexity index is 488. The Balaban J connectivity index is 2.33. The molecule has 1 aliphatic carbocycles. The summed E-state index contributed by atoms with van der Waals surface area (Å²) in [7, 11) is 0. The maximum Gasteiger partial charge on any atom is 0.310 e. The number of anilines is 1. The third kappa shape index (κ3) is 2.35. The molecule has 0 radical (unpaired) electrons. The highest BCUT2D eigenvalue weighted by atomic mass is 35.5. The summed E-state index contributed by atoms with van der Waals surface area (Å²) in [6.07, 6.45) is -0.335. The summed E-state index contributed by atoms with van der Waals surface area (Å²) >= 11 is 5.60. The topological polar surface area (TPSA) is 68.1 Å². The molecule has 0 aliphatic heterocycles. The number of aromatic nitrogens is 1. The minimum absolute atomic E-state index is 0.0277. The fourth-order valence-corrected chi connectivity index (χ4v) is 2.11. The second-order valence-electron chi connectivity index (χ2n) is 4.13. The van der Waals surface area contributed by atoms with Crippen LogP contribution in [0.15, 0.2) is 12.3 Å². The van der Waals surface area contributed by atoms with Crippen molar-refractivity contribution < 1.29 is 13.7 Å². The van der Waals surface area contributed by atoms with Gasteiger partial charge in [-0.2, -0.15) is 0 Å². The van der Waals surface area contributed by atoms with Gasteiger partial charge < -0.3 is 5.32 Å². The van der Waals surface area contributed by atoms with Crippen molar-refractivity contribution in [2.24, 2.45) is 0 Å². The van der Waals surface area contributed by atoms with E-state index in [1.54, 1.807) is 0 Å². The summed E-state index contributed by atoms with van der Waals surface area (Å²) in [6.45, 7) is 0. The molecule has 1 aromatic rings. The third-order valence-electron chi connectivity index (χ3n) is 2.88. The van der Waals surface area contributed by atoms with E-state index in [1.807, 2.05) is 0 Å². The largest absolute Gasteiger partial charge is 0.345 e. The van der Waals surface area contributed by atoms with E-state index >= 15 is 0 Å². The van der Waals surface area contributed by atoms with Crippen molar-refractivity contribution in [1.82, 2.24) is 4.98 Å². The average molecular weight is 278 g/mol. The van der Waals surface area contributed by atoms with Gasteiger partial charge >= 0.3 is 5.69 Å². The van der Waals surface area contributed by atoms with Gasteiger partial charge in [0.1, 0.15) is 17.0 Å². The molecule has 2 unspecified atom stereocenters. The van der Waals surface area contributed by atoms with E-state index in [9.17, 15) is 18.9 Å². The van der Waals surface area contributed by atoms with Crippen LogP contribution in [0, 0.1) is 10.1 Å². The summed E-state index contributed by atoms with van der Waals surface area (Å²) in [5.41, 5.74) is -0.595. The van der Waals surface area contributed by atoms with Crippen molar-refractivity contribution in [2.75, 3.05) is 5.32 Å². The Labute approximate surface area is 106 Å². The van der Waals surface area contributed by atoms with E-state index in [1.165, 1.54) is 0 Å². The highest BCUT2D eigenvalue weighted by Crippen LogP contribution is 2.39. The second-order valence-corrected chi connectivity index (χ2v) is 4.52. The molecular weight excluding hydrogens is 268 g/mol. The molecule has 1 fully saturated rings. The van der Waals surface area contributed by atoms with Crippen LogP contribution in [-0.4, -0.2) is 21.9 Å². The van der Waals surface area contributed by atoms with Crippen LogP contribution in [0.1, 0.15) is 19.3 Å². The minimum Gasteiger partial charge on any atom is -0.345 e. The Kier molecular flexibility index (Phi) is 3.34. The van der Waals surface area contributed by atoms with Crippen LogP contribution in [-0.2, 0) is 0 Å². The van der Waals surface area contributed by atoms with Gasteiger partial charge in [0.25, 0.3) is 0 Å². The first-order chi connectivity index (χ1) is 8.42. The van der Waals surface area contributed by atoms with Crippen molar-refractivity contribution in [3.8, 4) is 0 Å². The van der Waals surface area contributed by atoms with Crippen LogP contribution in [0.5, 0.6) is 0 Å². The number of nitrogens with zero attached hydrogens (tertiary/aromatic N) is 2. The van der Waals surface area contributed by atoms with Crippen LogP contribution in [0.4, 0.5) is 20.2 Å². The number of nitrogens with one attached hydrogen (secondary N) is 1. The van der Waals surface area contributed by atoms with Crippen molar-refractivity contribution in [1.29, 1.82) is 0 Å². The van der Waals surface area contributed by atoms with Crippen LogP contribution in [0.2, 0.25) is 5.15 Å². The molecule has 0 saturated heterocycles. The zero-order valence-corrected chi connectivity index (χ0v) is 9.95. The molecule has 5 nitrogen and oxygen atoms in total. The summed E-state index contributed by atoms with van der Waals surface area (Å²) in [4.78, 5) is 13.6. The second kappa shape index (κ2) is 4.64. The molecule has 1 saturated carbocycles. The highest BCUT2D eigenvalue weighted by molar-refractivity contribution is 6.29. The predicted molar refractivity (Wildman–Crippen MR) is 62.1 cm³/mol. The standard InChI is InChI=1S/C10H10ClF2N3O2/c11-9-4-6(7(5-14-9)16(17)18)15-10(13)3-1-2-8(10)12/h4-5,8H,1-3H2,(H,14,15). The molecule has 1 heterocycles. The van der Waals surface area contributed by atoms with E-state index in [0.717, 1.165) is 12.3 Å². The molecule has 2 rings (SSSR count). The summed E-state index contributed by atoms with van der Waals surface area (Å²) in [5.74, 6) is -2.28. The molecule has 0 aromatic carbocycles. The van der Waals surface area contributed by atoms with Gasteiger partial charge in [0.05, 0.1) is 4.92 Å². The van der Waals surface area contributed by atoms with Gasteiger partial charge in [0, 0.05) is 12.5 Å².